The molecule has 0 aliphatic carbocycles. The predicted molar refractivity (Wildman–Crippen MR) is 77.2 cm³/mol. The number of benzene rings is 1. The Kier molecular flexibility index (Phi) is 4.53. The van der Waals surface area contributed by atoms with Crippen LogP contribution in [0.2, 0.25) is 0 Å². The molecule has 0 radical (unpaired) electrons. The first kappa shape index (κ1) is 13.6. The molecule has 0 spiro atoms. The minimum Gasteiger partial charge on any atom is -0.494 e. The zero-order valence-electron chi connectivity index (χ0n) is 11.5. The van der Waals surface area contributed by atoms with Crippen molar-refractivity contribution < 1.29 is 4.74 Å². The summed E-state index contributed by atoms with van der Waals surface area (Å²) >= 11 is 0. The Morgan fingerprint density at radius 2 is 1.89 bits per heavy atom. The van der Waals surface area contributed by atoms with Crippen LogP contribution in [0.15, 0.2) is 42.6 Å². The van der Waals surface area contributed by atoms with Gasteiger partial charge in [0.2, 0.25) is 0 Å². The zero-order chi connectivity index (χ0) is 13.7. The maximum atomic E-state index is 6.27. The molecule has 0 aliphatic heterocycles. The standard InChI is InChI=1S/C16H20N2O/c1-3-10-19-15-6-4-13(5-7-15)16(17)14-8-9-18-12(2)11-14/h4-9,11,16H,3,10,17H2,1-2H3. The minimum absolute atomic E-state index is 0.123. The predicted octanol–water partition coefficient (Wildman–Crippen LogP) is 3.23. The number of rotatable bonds is 5. The molecule has 0 fully saturated rings. The summed E-state index contributed by atoms with van der Waals surface area (Å²) in [7, 11) is 0. The molecule has 100 valence electrons. The summed E-state index contributed by atoms with van der Waals surface area (Å²) in [5.74, 6) is 0.892. The summed E-state index contributed by atoms with van der Waals surface area (Å²) in [6.07, 6.45) is 2.81. The van der Waals surface area contributed by atoms with Crippen LogP contribution in [0.4, 0.5) is 0 Å². The van der Waals surface area contributed by atoms with E-state index in [-0.39, 0.29) is 6.04 Å². The van der Waals surface area contributed by atoms with E-state index >= 15 is 0 Å². The lowest BCUT2D eigenvalue weighted by atomic mass is 10.00. The van der Waals surface area contributed by atoms with Crippen molar-refractivity contribution in [1.82, 2.24) is 4.98 Å². The second-order valence-corrected chi connectivity index (χ2v) is 4.63. The van der Waals surface area contributed by atoms with Crippen LogP contribution < -0.4 is 10.5 Å². The van der Waals surface area contributed by atoms with Gasteiger partial charge in [-0.3, -0.25) is 4.98 Å². The Morgan fingerprint density at radius 1 is 1.16 bits per heavy atom. The summed E-state index contributed by atoms with van der Waals surface area (Å²) in [6.45, 7) is 4.81. The molecular weight excluding hydrogens is 236 g/mol. The highest BCUT2D eigenvalue weighted by Crippen LogP contribution is 2.22. The van der Waals surface area contributed by atoms with Gasteiger partial charge in [0.05, 0.1) is 12.6 Å². The SMILES string of the molecule is CCCOc1ccc(C(N)c2ccnc(C)c2)cc1. The highest BCUT2D eigenvalue weighted by atomic mass is 16.5. The zero-order valence-corrected chi connectivity index (χ0v) is 11.5. The van der Waals surface area contributed by atoms with Crippen molar-refractivity contribution >= 4 is 0 Å². The van der Waals surface area contributed by atoms with Crippen molar-refractivity contribution in [3.05, 3.63) is 59.4 Å². The summed E-state index contributed by atoms with van der Waals surface area (Å²) in [6, 6.07) is 11.8. The molecule has 2 aromatic rings. The summed E-state index contributed by atoms with van der Waals surface area (Å²) in [5.41, 5.74) is 9.41. The van der Waals surface area contributed by atoms with Crippen molar-refractivity contribution in [3.63, 3.8) is 0 Å². The number of aryl methyl sites for hydroxylation is 1. The molecule has 2 rings (SSSR count). The van der Waals surface area contributed by atoms with Crippen LogP contribution in [0, 0.1) is 6.92 Å². The average molecular weight is 256 g/mol. The lowest BCUT2D eigenvalue weighted by Gasteiger charge is -2.13. The van der Waals surface area contributed by atoms with E-state index in [1.807, 2.05) is 43.3 Å². The Morgan fingerprint density at radius 3 is 2.53 bits per heavy atom. The number of ether oxygens (including phenoxy) is 1. The van der Waals surface area contributed by atoms with Crippen molar-refractivity contribution in [3.8, 4) is 5.75 Å². The van der Waals surface area contributed by atoms with Gasteiger partial charge in [-0.05, 0) is 48.7 Å². The fourth-order valence-corrected chi connectivity index (χ4v) is 1.94. The molecule has 3 nitrogen and oxygen atoms in total. The fraction of sp³-hybridized carbons (Fsp3) is 0.312. The van der Waals surface area contributed by atoms with Crippen molar-refractivity contribution in [2.45, 2.75) is 26.3 Å². The first-order valence-electron chi connectivity index (χ1n) is 6.61. The van der Waals surface area contributed by atoms with Gasteiger partial charge in [-0.2, -0.15) is 0 Å². The number of hydrogen-bond acceptors (Lipinski definition) is 3. The molecule has 1 unspecified atom stereocenters. The molecule has 19 heavy (non-hydrogen) atoms. The maximum absolute atomic E-state index is 6.27. The van der Waals surface area contributed by atoms with E-state index in [1.165, 1.54) is 0 Å². The van der Waals surface area contributed by atoms with E-state index < -0.39 is 0 Å². The smallest absolute Gasteiger partial charge is 0.119 e. The van der Waals surface area contributed by atoms with Gasteiger partial charge in [0.25, 0.3) is 0 Å². The quantitative estimate of drug-likeness (QED) is 0.893. The molecule has 0 amide bonds. The summed E-state index contributed by atoms with van der Waals surface area (Å²) < 4.78 is 5.56. The van der Waals surface area contributed by atoms with Crippen molar-refractivity contribution in [2.75, 3.05) is 6.61 Å². The molecule has 1 atom stereocenters. The normalized spacial score (nSPS) is 12.2. The molecular formula is C16H20N2O. The van der Waals surface area contributed by atoms with Gasteiger partial charge in [-0.15, -0.1) is 0 Å². The topological polar surface area (TPSA) is 48.1 Å². The Hall–Kier alpha value is -1.87. The Labute approximate surface area is 114 Å². The largest absolute Gasteiger partial charge is 0.494 e. The molecule has 0 bridgehead atoms. The van der Waals surface area contributed by atoms with Gasteiger partial charge in [0, 0.05) is 11.9 Å². The van der Waals surface area contributed by atoms with Gasteiger partial charge in [0.1, 0.15) is 5.75 Å². The van der Waals surface area contributed by atoms with Crippen LogP contribution in [0.25, 0.3) is 0 Å². The minimum atomic E-state index is -0.123. The third-order valence-corrected chi connectivity index (χ3v) is 2.99. The first-order chi connectivity index (χ1) is 9.20. The fourth-order valence-electron chi connectivity index (χ4n) is 1.94. The number of pyridine rings is 1. The summed E-state index contributed by atoms with van der Waals surface area (Å²) in [4.78, 5) is 4.19. The lowest BCUT2D eigenvalue weighted by Crippen LogP contribution is -2.12. The van der Waals surface area contributed by atoms with E-state index in [9.17, 15) is 0 Å². The molecule has 3 heteroatoms. The molecule has 2 N–H and O–H groups in total. The van der Waals surface area contributed by atoms with Gasteiger partial charge in [-0.25, -0.2) is 0 Å². The third-order valence-electron chi connectivity index (χ3n) is 2.99. The van der Waals surface area contributed by atoms with E-state index in [2.05, 4.69) is 11.9 Å². The van der Waals surface area contributed by atoms with Crippen LogP contribution >= 0.6 is 0 Å². The number of nitrogens with zero attached hydrogens (tertiary/aromatic N) is 1. The number of aromatic nitrogens is 1. The molecule has 1 aromatic heterocycles. The average Bonchev–Trinajstić information content (AvgIpc) is 2.45. The van der Waals surface area contributed by atoms with Crippen LogP contribution in [0.5, 0.6) is 5.75 Å². The Bertz CT molecular complexity index is 523. The van der Waals surface area contributed by atoms with Gasteiger partial charge in [-0.1, -0.05) is 19.1 Å². The van der Waals surface area contributed by atoms with Crippen LogP contribution in [-0.4, -0.2) is 11.6 Å². The number of nitrogens with two attached hydrogens (primary N) is 1. The van der Waals surface area contributed by atoms with Crippen LogP contribution in [0.3, 0.4) is 0 Å². The van der Waals surface area contributed by atoms with E-state index in [0.717, 1.165) is 35.6 Å². The van der Waals surface area contributed by atoms with E-state index in [0.29, 0.717) is 0 Å². The lowest BCUT2D eigenvalue weighted by molar-refractivity contribution is 0.317. The molecule has 0 saturated carbocycles. The van der Waals surface area contributed by atoms with Gasteiger partial charge < -0.3 is 10.5 Å². The van der Waals surface area contributed by atoms with E-state index in [4.69, 9.17) is 10.5 Å². The van der Waals surface area contributed by atoms with Gasteiger partial charge >= 0.3 is 0 Å². The van der Waals surface area contributed by atoms with Crippen molar-refractivity contribution in [2.24, 2.45) is 5.73 Å². The Balaban J connectivity index is 2.13. The maximum Gasteiger partial charge on any atom is 0.119 e. The molecule has 0 aliphatic rings. The van der Waals surface area contributed by atoms with Crippen LogP contribution in [-0.2, 0) is 0 Å². The van der Waals surface area contributed by atoms with Crippen molar-refractivity contribution in [1.29, 1.82) is 0 Å². The van der Waals surface area contributed by atoms with Gasteiger partial charge in [0.15, 0.2) is 0 Å². The van der Waals surface area contributed by atoms with E-state index in [1.54, 1.807) is 6.20 Å². The molecule has 1 aromatic carbocycles. The monoisotopic (exact) mass is 256 g/mol. The molecule has 0 saturated heterocycles. The second kappa shape index (κ2) is 6.34. The highest BCUT2D eigenvalue weighted by molar-refractivity contribution is 5.35. The number of hydrogen-bond donors (Lipinski definition) is 1. The highest BCUT2D eigenvalue weighted by Gasteiger charge is 2.09. The second-order valence-electron chi connectivity index (χ2n) is 4.63. The summed E-state index contributed by atoms with van der Waals surface area (Å²) in [5, 5.41) is 0. The third kappa shape index (κ3) is 3.55. The first-order valence-corrected chi connectivity index (χ1v) is 6.61. The van der Waals surface area contributed by atoms with Crippen LogP contribution in [0.1, 0.15) is 36.2 Å². The molecule has 1 heterocycles.